The second-order valence-electron chi connectivity index (χ2n) is 3.24. The number of ether oxygens (including phenoxy) is 3. The van der Waals surface area contributed by atoms with Gasteiger partial charge in [0.1, 0.15) is 0 Å². The van der Waals surface area contributed by atoms with Crippen LogP contribution in [0.3, 0.4) is 0 Å². The Balaban J connectivity index is 2.85. The fourth-order valence-corrected chi connectivity index (χ4v) is 0.924. The van der Waals surface area contributed by atoms with Crippen molar-refractivity contribution in [2.75, 3.05) is 40.1 Å². The van der Waals surface area contributed by atoms with Crippen molar-refractivity contribution in [3.05, 3.63) is 0 Å². The van der Waals surface area contributed by atoms with Gasteiger partial charge in [0, 0.05) is 33.5 Å². The Bertz CT molecular complexity index is 106. The Morgan fingerprint density at radius 3 is 2.14 bits per heavy atom. The molecule has 0 aromatic rings. The van der Waals surface area contributed by atoms with Gasteiger partial charge in [0.15, 0.2) is 0 Å². The lowest BCUT2D eigenvalue weighted by molar-refractivity contribution is 0.0303. The molecular formula is C10H22O4. The second-order valence-corrected chi connectivity index (χ2v) is 3.24. The smallest absolute Gasteiger partial charge is 0.0745 e. The van der Waals surface area contributed by atoms with E-state index in [9.17, 15) is 0 Å². The molecule has 86 valence electrons. The normalized spacial score (nSPS) is 13.1. The fraction of sp³-hybridized carbons (Fsp3) is 1.00. The lowest BCUT2D eigenvalue weighted by Crippen LogP contribution is -2.12. The standard InChI is InChI=1S/C10H22O4/c1-10(11)9-14-8-4-7-13-6-3-5-12-2/h10-11H,3-9H2,1-2H3. The molecule has 1 N–H and O–H groups in total. The zero-order valence-corrected chi connectivity index (χ0v) is 9.20. The lowest BCUT2D eigenvalue weighted by atomic mass is 10.4. The largest absolute Gasteiger partial charge is 0.391 e. The van der Waals surface area contributed by atoms with Gasteiger partial charge < -0.3 is 19.3 Å². The Morgan fingerprint density at radius 1 is 1.00 bits per heavy atom. The van der Waals surface area contributed by atoms with Crippen LogP contribution in [0.4, 0.5) is 0 Å². The quantitative estimate of drug-likeness (QED) is 0.538. The van der Waals surface area contributed by atoms with E-state index in [0.29, 0.717) is 19.8 Å². The minimum Gasteiger partial charge on any atom is -0.391 e. The number of hydrogen-bond donors (Lipinski definition) is 1. The Morgan fingerprint density at radius 2 is 1.57 bits per heavy atom. The number of methoxy groups -OCH3 is 1. The molecule has 0 aliphatic carbocycles. The zero-order chi connectivity index (χ0) is 10.6. The van der Waals surface area contributed by atoms with Gasteiger partial charge in [0.25, 0.3) is 0 Å². The third-order valence-corrected chi connectivity index (χ3v) is 1.57. The van der Waals surface area contributed by atoms with E-state index in [1.807, 2.05) is 0 Å². The van der Waals surface area contributed by atoms with Crippen LogP contribution in [0.5, 0.6) is 0 Å². The third kappa shape index (κ3) is 11.8. The summed E-state index contributed by atoms with van der Waals surface area (Å²) in [6.45, 7) is 4.96. The molecule has 0 saturated heterocycles. The summed E-state index contributed by atoms with van der Waals surface area (Å²) in [7, 11) is 1.68. The summed E-state index contributed by atoms with van der Waals surface area (Å²) >= 11 is 0. The molecule has 0 radical (unpaired) electrons. The van der Waals surface area contributed by atoms with E-state index in [0.717, 1.165) is 26.1 Å². The van der Waals surface area contributed by atoms with Crippen LogP contribution >= 0.6 is 0 Å². The summed E-state index contributed by atoms with van der Waals surface area (Å²) in [5.74, 6) is 0. The molecule has 0 spiro atoms. The molecule has 4 nitrogen and oxygen atoms in total. The first-order valence-corrected chi connectivity index (χ1v) is 5.10. The molecule has 4 heteroatoms. The molecule has 0 aliphatic rings. The van der Waals surface area contributed by atoms with Crippen molar-refractivity contribution in [2.45, 2.75) is 25.9 Å². The fourth-order valence-electron chi connectivity index (χ4n) is 0.924. The molecule has 1 unspecified atom stereocenters. The summed E-state index contributed by atoms with van der Waals surface area (Å²) in [5, 5.41) is 8.88. The molecule has 0 aromatic heterocycles. The number of hydrogen-bond acceptors (Lipinski definition) is 4. The van der Waals surface area contributed by atoms with E-state index in [1.54, 1.807) is 14.0 Å². The van der Waals surface area contributed by atoms with Crippen molar-refractivity contribution in [1.29, 1.82) is 0 Å². The zero-order valence-electron chi connectivity index (χ0n) is 9.20. The molecule has 0 saturated carbocycles. The van der Waals surface area contributed by atoms with Crippen molar-refractivity contribution >= 4 is 0 Å². The minimum absolute atomic E-state index is 0.377. The van der Waals surface area contributed by atoms with Crippen LogP contribution in [-0.4, -0.2) is 51.4 Å². The average Bonchev–Trinajstić information content (AvgIpc) is 2.15. The van der Waals surface area contributed by atoms with Crippen LogP contribution in [0.15, 0.2) is 0 Å². The third-order valence-electron chi connectivity index (χ3n) is 1.57. The highest BCUT2D eigenvalue weighted by atomic mass is 16.5. The molecule has 0 aliphatic heterocycles. The summed E-state index contributed by atoms with van der Waals surface area (Å²) in [6.07, 6.45) is 1.43. The predicted molar refractivity (Wildman–Crippen MR) is 54.4 cm³/mol. The molecule has 0 rings (SSSR count). The van der Waals surface area contributed by atoms with Gasteiger partial charge in [-0.2, -0.15) is 0 Å². The van der Waals surface area contributed by atoms with Gasteiger partial charge >= 0.3 is 0 Å². The highest BCUT2D eigenvalue weighted by Gasteiger charge is 1.95. The summed E-state index contributed by atoms with van der Waals surface area (Å²) in [6, 6.07) is 0. The van der Waals surface area contributed by atoms with Crippen LogP contribution < -0.4 is 0 Å². The summed E-state index contributed by atoms with van der Waals surface area (Å²) in [4.78, 5) is 0. The van der Waals surface area contributed by atoms with E-state index in [1.165, 1.54) is 0 Å². The van der Waals surface area contributed by atoms with Gasteiger partial charge in [-0.05, 0) is 19.8 Å². The van der Waals surface area contributed by atoms with Crippen molar-refractivity contribution in [3.8, 4) is 0 Å². The van der Waals surface area contributed by atoms with Crippen LogP contribution in [0, 0.1) is 0 Å². The Kier molecular flexibility index (Phi) is 10.8. The maximum atomic E-state index is 8.88. The molecule has 1 atom stereocenters. The first kappa shape index (κ1) is 13.8. The van der Waals surface area contributed by atoms with Crippen LogP contribution in [0.25, 0.3) is 0 Å². The molecule has 0 bridgehead atoms. The monoisotopic (exact) mass is 206 g/mol. The highest BCUT2D eigenvalue weighted by Crippen LogP contribution is 1.89. The Hall–Kier alpha value is -0.160. The van der Waals surface area contributed by atoms with E-state index >= 15 is 0 Å². The van der Waals surface area contributed by atoms with Gasteiger partial charge in [-0.25, -0.2) is 0 Å². The maximum Gasteiger partial charge on any atom is 0.0745 e. The molecule has 0 fully saturated rings. The topological polar surface area (TPSA) is 47.9 Å². The highest BCUT2D eigenvalue weighted by molar-refractivity contribution is 4.42. The van der Waals surface area contributed by atoms with Crippen molar-refractivity contribution in [3.63, 3.8) is 0 Å². The molecule has 0 heterocycles. The van der Waals surface area contributed by atoms with E-state index in [-0.39, 0.29) is 6.10 Å². The van der Waals surface area contributed by atoms with E-state index in [4.69, 9.17) is 19.3 Å². The van der Waals surface area contributed by atoms with Gasteiger partial charge in [-0.15, -0.1) is 0 Å². The minimum atomic E-state index is -0.377. The van der Waals surface area contributed by atoms with Crippen LogP contribution in [0.2, 0.25) is 0 Å². The SMILES string of the molecule is COCCCOCCCOCC(C)O. The summed E-state index contributed by atoms with van der Waals surface area (Å²) < 4.78 is 15.4. The van der Waals surface area contributed by atoms with Gasteiger partial charge in [-0.1, -0.05) is 0 Å². The molecule has 0 aromatic carbocycles. The predicted octanol–water partition coefficient (Wildman–Crippen LogP) is 0.827. The van der Waals surface area contributed by atoms with Crippen molar-refractivity contribution in [1.82, 2.24) is 0 Å². The van der Waals surface area contributed by atoms with E-state index < -0.39 is 0 Å². The van der Waals surface area contributed by atoms with Crippen molar-refractivity contribution in [2.24, 2.45) is 0 Å². The maximum absolute atomic E-state index is 8.88. The van der Waals surface area contributed by atoms with Gasteiger partial charge in [0.05, 0.1) is 12.7 Å². The van der Waals surface area contributed by atoms with Crippen LogP contribution in [-0.2, 0) is 14.2 Å². The van der Waals surface area contributed by atoms with E-state index in [2.05, 4.69) is 0 Å². The number of rotatable bonds is 10. The molecule has 14 heavy (non-hydrogen) atoms. The number of aliphatic hydroxyl groups is 1. The second kappa shape index (κ2) is 10.9. The summed E-state index contributed by atoms with van der Waals surface area (Å²) in [5.41, 5.74) is 0. The lowest BCUT2D eigenvalue weighted by Gasteiger charge is -2.06. The van der Waals surface area contributed by atoms with Crippen molar-refractivity contribution < 1.29 is 19.3 Å². The molecule has 0 amide bonds. The first-order valence-electron chi connectivity index (χ1n) is 5.10. The average molecular weight is 206 g/mol. The molecular weight excluding hydrogens is 184 g/mol. The van der Waals surface area contributed by atoms with Gasteiger partial charge in [0.2, 0.25) is 0 Å². The van der Waals surface area contributed by atoms with Gasteiger partial charge in [-0.3, -0.25) is 0 Å². The van der Waals surface area contributed by atoms with Crippen LogP contribution in [0.1, 0.15) is 19.8 Å². The number of aliphatic hydroxyl groups excluding tert-OH is 1. The first-order chi connectivity index (χ1) is 6.77. The Labute approximate surface area is 86.2 Å².